The molecule has 4 atom stereocenters. The fraction of sp³-hybridized carbons (Fsp3) is 1.00. The van der Waals surface area contributed by atoms with E-state index in [1.165, 1.54) is 6.42 Å². The van der Waals surface area contributed by atoms with Crippen molar-refractivity contribution in [3.8, 4) is 0 Å². The van der Waals surface area contributed by atoms with E-state index in [9.17, 15) is 8.42 Å². The van der Waals surface area contributed by atoms with Crippen molar-refractivity contribution in [2.24, 2.45) is 23.5 Å². The number of hydrogen-bond acceptors (Lipinski definition) is 4. The molecule has 4 nitrogen and oxygen atoms in total. The summed E-state index contributed by atoms with van der Waals surface area (Å²) in [5.41, 5.74) is 6.32. The van der Waals surface area contributed by atoms with Crippen LogP contribution in [0.3, 0.4) is 0 Å². The number of nitrogens with two attached hydrogens (primary N) is 1. The Kier molecular flexibility index (Phi) is 4.90. The molecule has 0 aromatic rings. The van der Waals surface area contributed by atoms with E-state index in [2.05, 4.69) is 18.7 Å². The maximum Gasteiger partial charge on any atom is 0.151 e. The SMILES string of the molecule is CC1CC(C)C(CN2CCCS(=O)(=O)CC2)C(N)C1. The molecule has 0 bridgehead atoms. The third-order valence-electron chi connectivity index (χ3n) is 4.85. The zero-order valence-electron chi connectivity index (χ0n) is 12.2. The van der Waals surface area contributed by atoms with Crippen LogP contribution < -0.4 is 5.73 Å². The molecule has 2 N–H and O–H groups in total. The quantitative estimate of drug-likeness (QED) is 0.827. The van der Waals surface area contributed by atoms with Crippen LogP contribution in [0.2, 0.25) is 0 Å². The summed E-state index contributed by atoms with van der Waals surface area (Å²) in [6.45, 7) is 7.16. The highest BCUT2D eigenvalue weighted by Crippen LogP contribution is 2.33. The van der Waals surface area contributed by atoms with Gasteiger partial charge in [-0.05, 0) is 43.6 Å². The minimum atomic E-state index is -2.80. The zero-order chi connectivity index (χ0) is 14.0. The topological polar surface area (TPSA) is 63.4 Å². The normalized spacial score (nSPS) is 40.8. The van der Waals surface area contributed by atoms with E-state index in [4.69, 9.17) is 5.73 Å². The van der Waals surface area contributed by atoms with Gasteiger partial charge < -0.3 is 10.6 Å². The van der Waals surface area contributed by atoms with Gasteiger partial charge in [0.2, 0.25) is 0 Å². The first-order valence-electron chi connectivity index (χ1n) is 7.56. The molecule has 2 aliphatic rings. The maximum absolute atomic E-state index is 11.6. The van der Waals surface area contributed by atoms with E-state index < -0.39 is 9.84 Å². The van der Waals surface area contributed by atoms with Crippen molar-refractivity contribution in [2.75, 3.05) is 31.1 Å². The van der Waals surface area contributed by atoms with Gasteiger partial charge in [-0.25, -0.2) is 8.42 Å². The largest absolute Gasteiger partial charge is 0.327 e. The van der Waals surface area contributed by atoms with Crippen molar-refractivity contribution in [1.29, 1.82) is 0 Å². The van der Waals surface area contributed by atoms with Crippen LogP contribution >= 0.6 is 0 Å². The zero-order valence-corrected chi connectivity index (χ0v) is 13.0. The standard InChI is InChI=1S/C14H28N2O2S/c1-11-8-12(2)13(14(15)9-11)10-16-4-3-6-19(17,18)7-5-16/h11-14H,3-10,15H2,1-2H3. The Labute approximate surface area is 117 Å². The van der Waals surface area contributed by atoms with E-state index >= 15 is 0 Å². The van der Waals surface area contributed by atoms with E-state index in [0.717, 1.165) is 31.8 Å². The third-order valence-corrected chi connectivity index (χ3v) is 6.56. The van der Waals surface area contributed by atoms with E-state index in [-0.39, 0.29) is 6.04 Å². The van der Waals surface area contributed by atoms with Gasteiger partial charge in [0.1, 0.15) is 0 Å². The monoisotopic (exact) mass is 288 g/mol. The van der Waals surface area contributed by atoms with Gasteiger partial charge in [-0.3, -0.25) is 0 Å². The van der Waals surface area contributed by atoms with Gasteiger partial charge in [-0.2, -0.15) is 0 Å². The highest BCUT2D eigenvalue weighted by Gasteiger charge is 2.33. The molecule has 112 valence electrons. The predicted octanol–water partition coefficient (Wildman–Crippen LogP) is 1.12. The van der Waals surface area contributed by atoms with Crippen molar-refractivity contribution < 1.29 is 8.42 Å². The number of hydrogen-bond donors (Lipinski definition) is 1. The molecule has 2 fully saturated rings. The molecule has 1 heterocycles. The molecule has 0 aromatic carbocycles. The van der Waals surface area contributed by atoms with Crippen molar-refractivity contribution >= 4 is 9.84 Å². The van der Waals surface area contributed by atoms with Gasteiger partial charge in [-0.15, -0.1) is 0 Å². The van der Waals surface area contributed by atoms with Crippen LogP contribution in [0.25, 0.3) is 0 Å². The molecule has 1 aliphatic heterocycles. The molecule has 1 saturated carbocycles. The molecule has 0 aromatic heterocycles. The lowest BCUT2D eigenvalue weighted by Crippen LogP contribution is -2.47. The van der Waals surface area contributed by atoms with E-state index in [1.807, 2.05) is 0 Å². The maximum atomic E-state index is 11.6. The van der Waals surface area contributed by atoms with Gasteiger partial charge in [0, 0.05) is 19.1 Å². The highest BCUT2D eigenvalue weighted by atomic mass is 32.2. The second-order valence-electron chi connectivity index (χ2n) is 6.69. The first-order valence-corrected chi connectivity index (χ1v) is 9.38. The average Bonchev–Trinajstić information content (AvgIpc) is 2.45. The summed E-state index contributed by atoms with van der Waals surface area (Å²) in [5, 5.41) is 0. The first kappa shape index (κ1) is 15.3. The van der Waals surface area contributed by atoms with Gasteiger partial charge >= 0.3 is 0 Å². The minimum Gasteiger partial charge on any atom is -0.327 e. The molecule has 0 radical (unpaired) electrons. The first-order chi connectivity index (χ1) is 8.87. The molecule has 2 rings (SSSR count). The van der Waals surface area contributed by atoms with Gasteiger partial charge in [0.05, 0.1) is 11.5 Å². The van der Waals surface area contributed by atoms with Crippen LogP contribution in [0.5, 0.6) is 0 Å². The van der Waals surface area contributed by atoms with Crippen LogP contribution in [-0.2, 0) is 9.84 Å². The van der Waals surface area contributed by atoms with Gasteiger partial charge in [0.15, 0.2) is 9.84 Å². The minimum absolute atomic E-state index is 0.276. The van der Waals surface area contributed by atoms with Gasteiger partial charge in [-0.1, -0.05) is 13.8 Å². The Morgan fingerprint density at radius 1 is 1.16 bits per heavy atom. The third kappa shape index (κ3) is 4.17. The lowest BCUT2D eigenvalue weighted by Gasteiger charge is -2.40. The summed E-state index contributed by atoms with van der Waals surface area (Å²) in [6.07, 6.45) is 3.14. The Morgan fingerprint density at radius 3 is 2.58 bits per heavy atom. The van der Waals surface area contributed by atoms with Crippen molar-refractivity contribution in [3.63, 3.8) is 0 Å². The van der Waals surface area contributed by atoms with Crippen LogP contribution in [0.1, 0.15) is 33.1 Å². The van der Waals surface area contributed by atoms with Crippen molar-refractivity contribution in [2.45, 2.75) is 39.2 Å². The highest BCUT2D eigenvalue weighted by molar-refractivity contribution is 7.91. The number of nitrogens with zero attached hydrogens (tertiary/aromatic N) is 1. The molecule has 1 aliphatic carbocycles. The van der Waals surface area contributed by atoms with Crippen LogP contribution in [-0.4, -0.2) is 50.5 Å². The Hall–Kier alpha value is -0.130. The van der Waals surface area contributed by atoms with Gasteiger partial charge in [0.25, 0.3) is 0 Å². The summed E-state index contributed by atoms with van der Waals surface area (Å²) >= 11 is 0. The molecular formula is C14H28N2O2S. The Bertz CT molecular complexity index is 384. The average molecular weight is 288 g/mol. The smallest absolute Gasteiger partial charge is 0.151 e. The van der Waals surface area contributed by atoms with Crippen LogP contribution in [0, 0.1) is 17.8 Å². The summed E-state index contributed by atoms with van der Waals surface area (Å²) in [6, 6.07) is 0.276. The molecule has 1 saturated heterocycles. The molecule has 4 unspecified atom stereocenters. The molecule has 0 spiro atoms. The summed E-state index contributed by atoms with van der Waals surface area (Å²) in [4.78, 5) is 2.32. The lowest BCUT2D eigenvalue weighted by atomic mass is 9.72. The molecule has 5 heteroatoms. The summed E-state index contributed by atoms with van der Waals surface area (Å²) < 4.78 is 23.3. The second-order valence-corrected chi connectivity index (χ2v) is 8.99. The number of rotatable bonds is 2. The second kappa shape index (κ2) is 6.10. The lowest BCUT2D eigenvalue weighted by molar-refractivity contribution is 0.122. The Balaban J connectivity index is 1.93. The van der Waals surface area contributed by atoms with E-state index in [0.29, 0.717) is 29.9 Å². The van der Waals surface area contributed by atoms with Crippen molar-refractivity contribution in [1.82, 2.24) is 4.90 Å². The summed E-state index contributed by atoms with van der Waals surface area (Å²) in [5.74, 6) is 2.58. The van der Waals surface area contributed by atoms with Crippen LogP contribution in [0.15, 0.2) is 0 Å². The van der Waals surface area contributed by atoms with Crippen molar-refractivity contribution in [3.05, 3.63) is 0 Å². The molecular weight excluding hydrogens is 260 g/mol. The fourth-order valence-electron chi connectivity index (χ4n) is 3.75. The molecule has 0 amide bonds. The predicted molar refractivity (Wildman–Crippen MR) is 78.7 cm³/mol. The Morgan fingerprint density at radius 2 is 1.89 bits per heavy atom. The van der Waals surface area contributed by atoms with E-state index in [1.54, 1.807) is 0 Å². The number of sulfone groups is 1. The fourth-order valence-corrected chi connectivity index (χ4v) is 5.06. The molecule has 19 heavy (non-hydrogen) atoms. The summed E-state index contributed by atoms with van der Waals surface area (Å²) in [7, 11) is -2.80. The van der Waals surface area contributed by atoms with Crippen LogP contribution in [0.4, 0.5) is 0 Å².